The third kappa shape index (κ3) is 7.05. The average Bonchev–Trinajstić information content (AvgIpc) is 2.43. The first-order valence-electron chi connectivity index (χ1n) is 6.72. The fraction of sp³-hybridized carbons (Fsp3) is 0.429. The highest BCUT2D eigenvalue weighted by molar-refractivity contribution is 5.91. The van der Waals surface area contributed by atoms with Crippen LogP contribution in [0.2, 0.25) is 0 Å². The predicted molar refractivity (Wildman–Crippen MR) is 77.0 cm³/mol. The minimum absolute atomic E-state index is 0.0522. The fourth-order valence-corrected chi connectivity index (χ4v) is 1.65. The van der Waals surface area contributed by atoms with E-state index < -0.39 is 5.97 Å². The molecule has 1 rings (SSSR count). The van der Waals surface area contributed by atoms with Crippen molar-refractivity contribution in [2.75, 3.05) is 11.9 Å². The number of nitrogens with zero attached hydrogens (tertiary/aromatic N) is 1. The molecule has 3 N–H and O–H groups in total. The Balaban J connectivity index is 2.21. The van der Waals surface area contributed by atoms with Crippen LogP contribution in [0.1, 0.15) is 43.0 Å². The summed E-state index contributed by atoms with van der Waals surface area (Å²) in [6.45, 7) is 2.09. The summed E-state index contributed by atoms with van der Waals surface area (Å²) >= 11 is 0. The molecule has 0 unspecified atom stereocenters. The van der Waals surface area contributed by atoms with Gasteiger partial charge in [-0.05, 0) is 25.0 Å². The van der Waals surface area contributed by atoms with E-state index in [9.17, 15) is 14.4 Å². The second-order valence-corrected chi connectivity index (χ2v) is 4.58. The maximum atomic E-state index is 11.6. The summed E-state index contributed by atoms with van der Waals surface area (Å²) < 4.78 is 0. The number of carboxylic acid groups (broad SMARTS) is 1. The monoisotopic (exact) mass is 293 g/mol. The maximum Gasteiger partial charge on any atom is 0.337 e. The summed E-state index contributed by atoms with van der Waals surface area (Å²) in [5.41, 5.74) is 0.0750. The molecule has 114 valence electrons. The maximum absolute atomic E-state index is 11.6. The lowest BCUT2D eigenvalue weighted by molar-refractivity contribution is -0.119. The number of hydrogen-bond donors (Lipinski definition) is 3. The molecule has 1 aromatic heterocycles. The van der Waals surface area contributed by atoms with Crippen molar-refractivity contribution in [2.24, 2.45) is 0 Å². The summed E-state index contributed by atoms with van der Waals surface area (Å²) in [5.74, 6) is -0.934. The van der Waals surface area contributed by atoms with Crippen LogP contribution in [0.25, 0.3) is 0 Å². The third-order valence-corrected chi connectivity index (χ3v) is 2.73. The van der Waals surface area contributed by atoms with Gasteiger partial charge in [0.25, 0.3) is 0 Å². The topological polar surface area (TPSA) is 108 Å². The highest BCUT2D eigenvalue weighted by Gasteiger charge is 2.06. The number of amides is 2. The number of unbranched alkanes of at least 4 members (excludes halogenated alkanes) is 2. The van der Waals surface area contributed by atoms with Gasteiger partial charge < -0.3 is 15.7 Å². The summed E-state index contributed by atoms with van der Waals surface area (Å²) in [7, 11) is 0. The van der Waals surface area contributed by atoms with E-state index in [1.165, 1.54) is 25.3 Å². The SMILES string of the molecule is CC(=O)NCCCCCC(=O)Nc1ccc(C(=O)O)cn1. The van der Waals surface area contributed by atoms with E-state index in [0.717, 1.165) is 19.3 Å². The molecule has 2 amide bonds. The molecule has 0 spiro atoms. The number of nitrogens with one attached hydrogen (secondary N) is 2. The standard InChI is InChI=1S/C14H19N3O4/c1-10(18)15-8-4-2-3-5-13(19)17-12-7-6-11(9-16-12)14(20)21/h6-7,9H,2-5,8H2,1H3,(H,15,18)(H,20,21)(H,16,17,19). The van der Waals surface area contributed by atoms with Crippen molar-refractivity contribution in [1.82, 2.24) is 10.3 Å². The van der Waals surface area contributed by atoms with Crippen LogP contribution in [-0.2, 0) is 9.59 Å². The average molecular weight is 293 g/mol. The van der Waals surface area contributed by atoms with E-state index >= 15 is 0 Å². The van der Waals surface area contributed by atoms with Gasteiger partial charge in [0.2, 0.25) is 11.8 Å². The smallest absolute Gasteiger partial charge is 0.337 e. The van der Waals surface area contributed by atoms with Crippen LogP contribution in [0, 0.1) is 0 Å². The first-order chi connectivity index (χ1) is 9.99. The van der Waals surface area contributed by atoms with Crippen molar-refractivity contribution in [1.29, 1.82) is 0 Å². The van der Waals surface area contributed by atoms with Crippen LogP contribution in [0.4, 0.5) is 5.82 Å². The van der Waals surface area contributed by atoms with Gasteiger partial charge in [0.15, 0.2) is 0 Å². The van der Waals surface area contributed by atoms with Gasteiger partial charge in [0, 0.05) is 26.1 Å². The van der Waals surface area contributed by atoms with E-state index in [-0.39, 0.29) is 17.4 Å². The number of hydrogen-bond acceptors (Lipinski definition) is 4. The number of aromatic nitrogens is 1. The molecular weight excluding hydrogens is 274 g/mol. The Bertz CT molecular complexity index is 499. The normalized spacial score (nSPS) is 9.95. The number of aromatic carboxylic acids is 1. The van der Waals surface area contributed by atoms with E-state index in [1.54, 1.807) is 0 Å². The van der Waals surface area contributed by atoms with Gasteiger partial charge in [-0.3, -0.25) is 9.59 Å². The van der Waals surface area contributed by atoms with Crippen LogP contribution in [0.5, 0.6) is 0 Å². The van der Waals surface area contributed by atoms with Crippen molar-refractivity contribution in [3.63, 3.8) is 0 Å². The molecule has 0 fully saturated rings. The molecule has 0 aliphatic rings. The molecule has 7 heteroatoms. The number of carbonyl (C=O) groups is 3. The predicted octanol–water partition coefficient (Wildman–Crippen LogP) is 1.41. The number of pyridine rings is 1. The van der Waals surface area contributed by atoms with Crippen LogP contribution < -0.4 is 10.6 Å². The van der Waals surface area contributed by atoms with Crippen LogP contribution in [0.15, 0.2) is 18.3 Å². The number of rotatable bonds is 8. The molecule has 21 heavy (non-hydrogen) atoms. The van der Waals surface area contributed by atoms with Gasteiger partial charge in [-0.15, -0.1) is 0 Å². The molecule has 0 saturated carbocycles. The quantitative estimate of drug-likeness (QED) is 0.628. The summed E-state index contributed by atoms with van der Waals surface area (Å²) in [4.78, 5) is 36.8. The zero-order valence-electron chi connectivity index (χ0n) is 11.9. The number of anilines is 1. The largest absolute Gasteiger partial charge is 0.478 e. The first kappa shape index (κ1) is 16.6. The van der Waals surface area contributed by atoms with E-state index in [2.05, 4.69) is 15.6 Å². The van der Waals surface area contributed by atoms with Gasteiger partial charge in [0.05, 0.1) is 5.56 Å². The summed E-state index contributed by atoms with van der Waals surface area (Å²) in [6.07, 6.45) is 3.96. The molecule has 0 aliphatic carbocycles. The summed E-state index contributed by atoms with van der Waals surface area (Å²) in [6, 6.07) is 2.84. The highest BCUT2D eigenvalue weighted by Crippen LogP contribution is 2.07. The Morgan fingerprint density at radius 1 is 1.19 bits per heavy atom. The Hall–Kier alpha value is -2.44. The molecule has 0 saturated heterocycles. The molecule has 0 bridgehead atoms. The Kier molecular flexibility index (Phi) is 6.86. The van der Waals surface area contributed by atoms with Crippen LogP contribution >= 0.6 is 0 Å². The van der Waals surface area contributed by atoms with Gasteiger partial charge >= 0.3 is 5.97 Å². The van der Waals surface area contributed by atoms with Crippen molar-refractivity contribution < 1.29 is 19.5 Å². The molecular formula is C14H19N3O4. The molecule has 0 radical (unpaired) electrons. The lowest BCUT2D eigenvalue weighted by Gasteiger charge is -2.05. The minimum Gasteiger partial charge on any atom is -0.478 e. The van der Waals surface area contributed by atoms with Crippen molar-refractivity contribution >= 4 is 23.6 Å². The third-order valence-electron chi connectivity index (χ3n) is 2.73. The van der Waals surface area contributed by atoms with E-state index in [1.807, 2.05) is 0 Å². The highest BCUT2D eigenvalue weighted by atomic mass is 16.4. The van der Waals surface area contributed by atoms with Crippen molar-refractivity contribution in [2.45, 2.75) is 32.6 Å². The van der Waals surface area contributed by atoms with Gasteiger partial charge in [0.1, 0.15) is 5.82 Å². The summed E-state index contributed by atoms with van der Waals surface area (Å²) in [5, 5.41) is 14.0. The van der Waals surface area contributed by atoms with Gasteiger partial charge in [-0.25, -0.2) is 9.78 Å². The lowest BCUT2D eigenvalue weighted by Crippen LogP contribution is -2.20. The van der Waals surface area contributed by atoms with Crippen molar-refractivity contribution in [3.8, 4) is 0 Å². The molecule has 0 aliphatic heterocycles. The minimum atomic E-state index is -1.06. The van der Waals surface area contributed by atoms with Gasteiger partial charge in [-0.1, -0.05) is 6.42 Å². The fourth-order valence-electron chi connectivity index (χ4n) is 1.65. The van der Waals surface area contributed by atoms with E-state index in [0.29, 0.717) is 18.8 Å². The van der Waals surface area contributed by atoms with Gasteiger partial charge in [-0.2, -0.15) is 0 Å². The zero-order chi connectivity index (χ0) is 15.7. The van der Waals surface area contributed by atoms with Crippen molar-refractivity contribution in [3.05, 3.63) is 23.9 Å². The molecule has 7 nitrogen and oxygen atoms in total. The number of carbonyl (C=O) groups excluding carboxylic acids is 2. The Morgan fingerprint density at radius 2 is 1.95 bits per heavy atom. The van der Waals surface area contributed by atoms with Crippen LogP contribution in [0.3, 0.4) is 0 Å². The second-order valence-electron chi connectivity index (χ2n) is 4.58. The molecule has 0 aromatic carbocycles. The second kappa shape index (κ2) is 8.68. The Morgan fingerprint density at radius 3 is 2.52 bits per heavy atom. The molecule has 1 heterocycles. The Labute approximate surface area is 122 Å². The van der Waals surface area contributed by atoms with E-state index in [4.69, 9.17) is 5.11 Å². The number of carboxylic acids is 1. The molecule has 1 aromatic rings. The van der Waals surface area contributed by atoms with Crippen LogP contribution in [-0.4, -0.2) is 34.4 Å². The zero-order valence-corrected chi connectivity index (χ0v) is 11.9. The lowest BCUT2D eigenvalue weighted by atomic mass is 10.2. The molecule has 0 atom stereocenters. The first-order valence-corrected chi connectivity index (χ1v) is 6.72.